The molecular formula is C6H10Cl2O. The van der Waals surface area contributed by atoms with Crippen molar-refractivity contribution in [2.75, 3.05) is 6.61 Å². The van der Waals surface area contributed by atoms with E-state index in [2.05, 4.69) is 0 Å². The lowest BCUT2D eigenvalue weighted by Crippen LogP contribution is -1.84. The van der Waals surface area contributed by atoms with Crippen LogP contribution in [0.25, 0.3) is 0 Å². The summed E-state index contributed by atoms with van der Waals surface area (Å²) in [6, 6.07) is 0. The van der Waals surface area contributed by atoms with E-state index in [1.165, 1.54) is 0 Å². The molecule has 0 saturated heterocycles. The number of halogens is 2. The molecule has 0 spiro atoms. The first-order valence-corrected chi connectivity index (χ1v) is 3.61. The van der Waals surface area contributed by atoms with Gasteiger partial charge < -0.3 is 5.11 Å². The Balaban J connectivity index is 3.78. The molecule has 9 heavy (non-hydrogen) atoms. The zero-order valence-electron chi connectivity index (χ0n) is 5.32. The van der Waals surface area contributed by atoms with Gasteiger partial charge in [-0.05, 0) is 6.42 Å². The summed E-state index contributed by atoms with van der Waals surface area (Å²) in [6.45, 7) is 1.85. The number of rotatable bonds is 3. The molecule has 0 heterocycles. The minimum absolute atomic E-state index is 0.152. The van der Waals surface area contributed by atoms with Crippen molar-refractivity contribution in [1.29, 1.82) is 0 Å². The Labute approximate surface area is 65.3 Å². The minimum Gasteiger partial charge on any atom is -0.391 e. The molecule has 0 rings (SSSR count). The predicted octanol–water partition coefficient (Wildman–Crippen LogP) is 2.47. The Morgan fingerprint density at radius 1 is 1.33 bits per heavy atom. The average molecular weight is 169 g/mol. The monoisotopic (exact) mass is 168 g/mol. The van der Waals surface area contributed by atoms with Gasteiger partial charge in [0.15, 0.2) is 0 Å². The molecule has 0 bridgehead atoms. The van der Waals surface area contributed by atoms with E-state index in [0.717, 1.165) is 12.8 Å². The average Bonchev–Trinajstić information content (AvgIpc) is 1.87. The number of allylic oxidation sites excluding steroid dienone is 1. The van der Waals surface area contributed by atoms with Crippen molar-refractivity contribution in [3.63, 3.8) is 0 Å². The summed E-state index contributed by atoms with van der Waals surface area (Å²) in [4.78, 5) is 0. The van der Waals surface area contributed by atoms with Crippen LogP contribution < -0.4 is 0 Å². The van der Waals surface area contributed by atoms with Gasteiger partial charge in [0.1, 0.15) is 0 Å². The molecule has 0 radical (unpaired) electrons. The Morgan fingerprint density at radius 3 is 2.22 bits per heavy atom. The molecule has 1 nitrogen and oxygen atoms in total. The third-order valence-electron chi connectivity index (χ3n) is 0.903. The maximum atomic E-state index is 8.46. The molecule has 0 amide bonds. The number of aliphatic hydroxyl groups excluding tert-OH is 1. The van der Waals surface area contributed by atoms with Crippen molar-refractivity contribution >= 4 is 23.2 Å². The SMILES string of the molecule is CCC/C(Cl)=C(\Cl)CO. The van der Waals surface area contributed by atoms with Crippen LogP contribution in [0.15, 0.2) is 10.1 Å². The molecule has 3 heteroatoms. The van der Waals surface area contributed by atoms with Crippen LogP contribution >= 0.6 is 23.2 Å². The van der Waals surface area contributed by atoms with Crippen molar-refractivity contribution in [2.24, 2.45) is 0 Å². The van der Waals surface area contributed by atoms with Gasteiger partial charge in [0, 0.05) is 5.03 Å². The Morgan fingerprint density at radius 2 is 1.89 bits per heavy atom. The second-order valence-electron chi connectivity index (χ2n) is 1.72. The predicted molar refractivity (Wildman–Crippen MR) is 40.7 cm³/mol. The molecule has 1 N–H and O–H groups in total. The zero-order chi connectivity index (χ0) is 7.28. The van der Waals surface area contributed by atoms with E-state index in [1.54, 1.807) is 0 Å². The molecule has 0 aliphatic carbocycles. The third-order valence-corrected chi connectivity index (χ3v) is 1.76. The second kappa shape index (κ2) is 5.10. The quantitative estimate of drug-likeness (QED) is 0.687. The van der Waals surface area contributed by atoms with Crippen LogP contribution in [0, 0.1) is 0 Å². The fourth-order valence-corrected chi connectivity index (χ4v) is 0.784. The lowest BCUT2D eigenvalue weighted by atomic mass is 10.3. The first-order valence-electron chi connectivity index (χ1n) is 2.86. The van der Waals surface area contributed by atoms with Crippen molar-refractivity contribution in [2.45, 2.75) is 19.8 Å². The lowest BCUT2D eigenvalue weighted by molar-refractivity contribution is 0.338. The van der Waals surface area contributed by atoms with Gasteiger partial charge in [0.2, 0.25) is 0 Å². The van der Waals surface area contributed by atoms with Crippen LogP contribution in [0.1, 0.15) is 19.8 Å². The molecule has 54 valence electrons. The lowest BCUT2D eigenvalue weighted by Gasteiger charge is -1.96. The highest BCUT2D eigenvalue weighted by Gasteiger charge is 1.97. The molecule has 0 unspecified atom stereocenters. The molecule has 0 aliphatic heterocycles. The van der Waals surface area contributed by atoms with Gasteiger partial charge in [-0.25, -0.2) is 0 Å². The summed E-state index contributed by atoms with van der Waals surface area (Å²) < 4.78 is 0. The molecular weight excluding hydrogens is 159 g/mol. The van der Waals surface area contributed by atoms with Crippen LogP contribution in [-0.2, 0) is 0 Å². The summed E-state index contributed by atoms with van der Waals surface area (Å²) in [5.74, 6) is 0. The molecule has 0 aromatic rings. The minimum atomic E-state index is -0.152. The van der Waals surface area contributed by atoms with Gasteiger partial charge >= 0.3 is 0 Å². The maximum Gasteiger partial charge on any atom is 0.0799 e. The van der Waals surface area contributed by atoms with E-state index in [1.807, 2.05) is 6.92 Å². The fraction of sp³-hybridized carbons (Fsp3) is 0.667. The van der Waals surface area contributed by atoms with Crippen LogP contribution in [0.5, 0.6) is 0 Å². The summed E-state index contributed by atoms with van der Waals surface area (Å²) in [6.07, 6.45) is 1.70. The van der Waals surface area contributed by atoms with E-state index in [4.69, 9.17) is 28.3 Å². The molecule has 0 aliphatic rings. The standard InChI is InChI=1S/C6H10Cl2O/c1-2-3-5(7)6(8)4-9/h9H,2-4H2,1H3/b6-5+. The molecule has 0 aromatic heterocycles. The highest BCUT2D eigenvalue weighted by molar-refractivity contribution is 6.39. The fourth-order valence-electron chi connectivity index (χ4n) is 0.441. The van der Waals surface area contributed by atoms with Crippen LogP contribution in [0.4, 0.5) is 0 Å². The third kappa shape index (κ3) is 3.79. The van der Waals surface area contributed by atoms with Crippen molar-refractivity contribution in [3.8, 4) is 0 Å². The Kier molecular flexibility index (Phi) is 5.25. The summed E-state index contributed by atoms with van der Waals surface area (Å²) >= 11 is 11.1. The smallest absolute Gasteiger partial charge is 0.0799 e. The number of aliphatic hydroxyl groups is 1. The first kappa shape index (κ1) is 9.28. The van der Waals surface area contributed by atoms with E-state index in [0.29, 0.717) is 10.1 Å². The largest absolute Gasteiger partial charge is 0.391 e. The second-order valence-corrected chi connectivity index (χ2v) is 2.63. The Hall–Kier alpha value is 0.280. The van der Waals surface area contributed by atoms with E-state index >= 15 is 0 Å². The molecule has 0 fully saturated rings. The van der Waals surface area contributed by atoms with Crippen molar-refractivity contribution in [3.05, 3.63) is 10.1 Å². The van der Waals surface area contributed by atoms with E-state index < -0.39 is 0 Å². The zero-order valence-corrected chi connectivity index (χ0v) is 6.84. The van der Waals surface area contributed by atoms with Crippen LogP contribution in [0.3, 0.4) is 0 Å². The van der Waals surface area contributed by atoms with Gasteiger partial charge in [-0.2, -0.15) is 0 Å². The van der Waals surface area contributed by atoms with Gasteiger partial charge in [0.05, 0.1) is 11.6 Å². The van der Waals surface area contributed by atoms with Gasteiger partial charge in [-0.1, -0.05) is 36.5 Å². The normalized spacial score (nSPS) is 13.3. The van der Waals surface area contributed by atoms with Gasteiger partial charge in [-0.3, -0.25) is 0 Å². The highest BCUT2D eigenvalue weighted by atomic mass is 35.5. The van der Waals surface area contributed by atoms with Crippen LogP contribution in [0.2, 0.25) is 0 Å². The van der Waals surface area contributed by atoms with Crippen LogP contribution in [-0.4, -0.2) is 11.7 Å². The number of hydrogen-bond donors (Lipinski definition) is 1. The topological polar surface area (TPSA) is 20.2 Å². The van der Waals surface area contributed by atoms with Gasteiger partial charge in [-0.15, -0.1) is 0 Å². The molecule has 0 aromatic carbocycles. The maximum absolute atomic E-state index is 8.46. The van der Waals surface area contributed by atoms with Crippen molar-refractivity contribution in [1.82, 2.24) is 0 Å². The highest BCUT2D eigenvalue weighted by Crippen LogP contribution is 2.17. The number of hydrogen-bond acceptors (Lipinski definition) is 1. The first-order chi connectivity index (χ1) is 4.22. The van der Waals surface area contributed by atoms with E-state index in [-0.39, 0.29) is 6.61 Å². The van der Waals surface area contributed by atoms with Crippen molar-refractivity contribution < 1.29 is 5.11 Å². The summed E-state index contributed by atoms with van der Waals surface area (Å²) in [7, 11) is 0. The molecule has 0 saturated carbocycles. The molecule has 0 atom stereocenters. The Bertz CT molecular complexity index is 110. The summed E-state index contributed by atoms with van der Waals surface area (Å²) in [5.41, 5.74) is 0. The van der Waals surface area contributed by atoms with E-state index in [9.17, 15) is 0 Å². The summed E-state index contributed by atoms with van der Waals surface area (Å²) in [5, 5.41) is 9.39. The van der Waals surface area contributed by atoms with Gasteiger partial charge in [0.25, 0.3) is 0 Å².